The van der Waals surface area contributed by atoms with E-state index in [9.17, 15) is 4.79 Å². The Morgan fingerprint density at radius 2 is 1.72 bits per heavy atom. The molecule has 0 bridgehead atoms. The molecule has 0 atom stereocenters. The molecule has 1 aromatic carbocycles. The molecule has 2 N–H and O–H groups in total. The molecule has 0 spiro atoms. The van der Waals surface area contributed by atoms with E-state index in [4.69, 9.17) is 5.11 Å². The number of anilines is 2. The van der Waals surface area contributed by atoms with Crippen molar-refractivity contribution < 1.29 is 9.90 Å². The van der Waals surface area contributed by atoms with Crippen LogP contribution in [0.1, 0.15) is 35.8 Å². The molecule has 0 aliphatic heterocycles. The number of pyridine rings is 1. The van der Waals surface area contributed by atoms with E-state index in [2.05, 4.69) is 34.1 Å². The van der Waals surface area contributed by atoms with Crippen LogP contribution in [0.15, 0.2) is 54.9 Å². The van der Waals surface area contributed by atoms with Crippen LogP contribution in [0.4, 0.5) is 11.5 Å². The molecule has 0 amide bonds. The van der Waals surface area contributed by atoms with Gasteiger partial charge >= 0.3 is 5.97 Å². The first-order chi connectivity index (χ1) is 12.0. The minimum Gasteiger partial charge on any atom is -0.478 e. The molecule has 0 aliphatic carbocycles. The van der Waals surface area contributed by atoms with Crippen LogP contribution < -0.4 is 5.32 Å². The number of hydrogen-bond donors (Lipinski definition) is 2. The molecule has 0 aliphatic rings. The molecule has 2 aromatic heterocycles. The molecule has 0 unspecified atom stereocenters. The first-order valence-corrected chi connectivity index (χ1v) is 7.92. The van der Waals surface area contributed by atoms with Gasteiger partial charge in [0.15, 0.2) is 5.82 Å². The number of rotatable bonds is 5. The molecular formula is C19H18N4O2. The minimum absolute atomic E-state index is 0.244. The van der Waals surface area contributed by atoms with Gasteiger partial charge in [-0.15, -0.1) is 0 Å². The average Bonchev–Trinajstić information content (AvgIpc) is 2.62. The number of carboxylic acids is 1. The Hall–Kier alpha value is -3.28. The third kappa shape index (κ3) is 3.98. The Morgan fingerprint density at radius 3 is 2.32 bits per heavy atom. The second-order valence-electron chi connectivity index (χ2n) is 5.90. The van der Waals surface area contributed by atoms with Gasteiger partial charge in [-0.1, -0.05) is 13.8 Å². The number of aromatic nitrogens is 3. The molecule has 2 heterocycles. The number of hydrogen-bond acceptors (Lipinski definition) is 5. The topological polar surface area (TPSA) is 88.0 Å². The molecule has 6 heteroatoms. The number of benzene rings is 1. The van der Waals surface area contributed by atoms with Gasteiger partial charge in [0.25, 0.3) is 0 Å². The summed E-state index contributed by atoms with van der Waals surface area (Å²) in [5.41, 5.74) is 2.82. The lowest BCUT2D eigenvalue weighted by Gasteiger charge is -2.12. The summed E-state index contributed by atoms with van der Waals surface area (Å²) in [4.78, 5) is 24.2. The fourth-order valence-electron chi connectivity index (χ4n) is 2.30. The van der Waals surface area contributed by atoms with Gasteiger partial charge in [0.1, 0.15) is 5.82 Å². The van der Waals surface area contributed by atoms with Crippen LogP contribution in [-0.4, -0.2) is 26.0 Å². The molecule has 6 nitrogen and oxygen atoms in total. The summed E-state index contributed by atoms with van der Waals surface area (Å²) in [6.45, 7) is 4.15. The number of nitrogens with zero attached hydrogens (tertiary/aromatic N) is 3. The summed E-state index contributed by atoms with van der Waals surface area (Å²) >= 11 is 0. The van der Waals surface area contributed by atoms with Gasteiger partial charge < -0.3 is 10.4 Å². The summed E-state index contributed by atoms with van der Waals surface area (Å²) in [5, 5.41) is 12.2. The summed E-state index contributed by atoms with van der Waals surface area (Å²) in [7, 11) is 0. The van der Waals surface area contributed by atoms with E-state index >= 15 is 0 Å². The highest BCUT2D eigenvalue weighted by atomic mass is 16.4. The molecular weight excluding hydrogens is 316 g/mol. The normalized spacial score (nSPS) is 10.7. The number of aromatic carboxylic acids is 1. The van der Waals surface area contributed by atoms with Crippen LogP contribution in [0.3, 0.4) is 0 Å². The lowest BCUT2D eigenvalue weighted by atomic mass is 10.1. The summed E-state index contributed by atoms with van der Waals surface area (Å²) in [5.74, 6) is 0.584. The van der Waals surface area contributed by atoms with Crippen LogP contribution in [0.5, 0.6) is 0 Å². The van der Waals surface area contributed by atoms with E-state index in [1.54, 1.807) is 36.7 Å². The first-order valence-electron chi connectivity index (χ1n) is 7.92. The molecule has 0 saturated carbocycles. The SMILES string of the molecule is CC(C)c1cc(Nc2ccc(C(=O)O)cc2)nc(-c2ccncc2)n1. The van der Waals surface area contributed by atoms with Crippen LogP contribution >= 0.6 is 0 Å². The van der Waals surface area contributed by atoms with Crippen LogP contribution in [-0.2, 0) is 0 Å². The molecule has 0 radical (unpaired) electrons. The maximum atomic E-state index is 10.9. The van der Waals surface area contributed by atoms with Gasteiger partial charge in [0.05, 0.1) is 5.56 Å². The van der Waals surface area contributed by atoms with E-state index in [1.807, 2.05) is 18.2 Å². The maximum Gasteiger partial charge on any atom is 0.335 e. The molecule has 3 rings (SSSR count). The third-order valence-corrected chi connectivity index (χ3v) is 3.68. The number of carbonyl (C=O) groups is 1. The Morgan fingerprint density at radius 1 is 1.04 bits per heavy atom. The Kier molecular flexibility index (Phi) is 4.70. The van der Waals surface area contributed by atoms with E-state index in [1.165, 1.54) is 0 Å². The Bertz CT molecular complexity index is 878. The molecule has 0 saturated heterocycles. The highest BCUT2D eigenvalue weighted by Crippen LogP contribution is 2.23. The van der Waals surface area contributed by atoms with Crippen molar-refractivity contribution in [3.05, 3.63) is 66.1 Å². The maximum absolute atomic E-state index is 10.9. The van der Waals surface area contributed by atoms with E-state index in [-0.39, 0.29) is 11.5 Å². The summed E-state index contributed by atoms with van der Waals surface area (Å²) < 4.78 is 0. The zero-order valence-corrected chi connectivity index (χ0v) is 14.0. The van der Waals surface area contributed by atoms with Crippen molar-refractivity contribution in [2.75, 3.05) is 5.32 Å². The Balaban J connectivity index is 1.95. The van der Waals surface area contributed by atoms with Crippen molar-refractivity contribution in [3.8, 4) is 11.4 Å². The van der Waals surface area contributed by atoms with Gasteiger partial charge in [0, 0.05) is 35.4 Å². The van der Waals surface area contributed by atoms with Crippen molar-refractivity contribution in [3.63, 3.8) is 0 Å². The predicted molar refractivity (Wildman–Crippen MR) is 96.0 cm³/mol. The zero-order chi connectivity index (χ0) is 17.8. The highest BCUT2D eigenvalue weighted by molar-refractivity contribution is 5.88. The fraction of sp³-hybridized carbons (Fsp3) is 0.158. The second kappa shape index (κ2) is 7.09. The molecule has 0 fully saturated rings. The van der Waals surface area contributed by atoms with Crippen molar-refractivity contribution in [2.45, 2.75) is 19.8 Å². The quantitative estimate of drug-likeness (QED) is 0.730. The largest absolute Gasteiger partial charge is 0.478 e. The predicted octanol–water partition coefficient (Wildman–Crippen LogP) is 4.10. The standard InChI is InChI=1S/C19H18N4O2/c1-12(2)16-11-17(21-15-5-3-14(4-6-15)19(24)25)23-18(22-16)13-7-9-20-10-8-13/h3-12H,1-2H3,(H,24,25)(H,21,22,23). The van der Waals surface area contributed by atoms with E-state index in [0.29, 0.717) is 11.6 Å². The molecule has 25 heavy (non-hydrogen) atoms. The van der Waals surface area contributed by atoms with Crippen LogP contribution in [0.25, 0.3) is 11.4 Å². The number of nitrogens with one attached hydrogen (secondary N) is 1. The molecule has 126 valence electrons. The zero-order valence-electron chi connectivity index (χ0n) is 14.0. The van der Waals surface area contributed by atoms with Gasteiger partial charge in [-0.3, -0.25) is 4.98 Å². The van der Waals surface area contributed by atoms with Crippen molar-refractivity contribution in [2.24, 2.45) is 0 Å². The average molecular weight is 334 g/mol. The minimum atomic E-state index is -0.948. The second-order valence-corrected chi connectivity index (χ2v) is 5.90. The smallest absolute Gasteiger partial charge is 0.335 e. The monoisotopic (exact) mass is 334 g/mol. The van der Waals surface area contributed by atoms with E-state index < -0.39 is 5.97 Å². The van der Waals surface area contributed by atoms with Crippen LogP contribution in [0, 0.1) is 0 Å². The highest BCUT2D eigenvalue weighted by Gasteiger charge is 2.10. The van der Waals surface area contributed by atoms with Gasteiger partial charge in [0.2, 0.25) is 0 Å². The van der Waals surface area contributed by atoms with Crippen molar-refractivity contribution in [1.82, 2.24) is 15.0 Å². The lowest BCUT2D eigenvalue weighted by molar-refractivity contribution is 0.0697. The fourth-order valence-corrected chi connectivity index (χ4v) is 2.30. The summed E-state index contributed by atoms with van der Waals surface area (Å²) in [6.07, 6.45) is 3.41. The summed E-state index contributed by atoms with van der Waals surface area (Å²) in [6, 6.07) is 12.2. The van der Waals surface area contributed by atoms with Gasteiger partial charge in [-0.25, -0.2) is 14.8 Å². The van der Waals surface area contributed by atoms with E-state index in [0.717, 1.165) is 16.9 Å². The Labute approximate surface area is 145 Å². The van der Waals surface area contributed by atoms with Crippen LogP contribution in [0.2, 0.25) is 0 Å². The third-order valence-electron chi connectivity index (χ3n) is 3.68. The van der Waals surface area contributed by atoms with Gasteiger partial charge in [-0.05, 0) is 42.3 Å². The van der Waals surface area contributed by atoms with Crippen molar-refractivity contribution in [1.29, 1.82) is 0 Å². The first kappa shape index (κ1) is 16.6. The number of carboxylic acid groups (broad SMARTS) is 1. The molecule has 3 aromatic rings. The lowest BCUT2D eigenvalue weighted by Crippen LogP contribution is -2.03. The van der Waals surface area contributed by atoms with Gasteiger partial charge in [-0.2, -0.15) is 0 Å². The van der Waals surface area contributed by atoms with Crippen molar-refractivity contribution >= 4 is 17.5 Å².